The minimum Gasteiger partial charge on any atom is -0.307 e. The molecule has 1 fully saturated rings. The molecule has 0 amide bonds. The van der Waals surface area contributed by atoms with Crippen molar-refractivity contribution in [2.24, 2.45) is 5.92 Å². The molecule has 0 bridgehead atoms. The number of hydrogen-bond acceptors (Lipinski definition) is 1. The van der Waals surface area contributed by atoms with Crippen molar-refractivity contribution in [3.8, 4) is 0 Å². The lowest BCUT2D eigenvalue weighted by Gasteiger charge is -2.46. The number of rotatable bonds is 3. The van der Waals surface area contributed by atoms with E-state index < -0.39 is 0 Å². The van der Waals surface area contributed by atoms with Crippen molar-refractivity contribution in [3.63, 3.8) is 0 Å². The molecule has 1 N–H and O–H groups in total. The van der Waals surface area contributed by atoms with E-state index in [0.717, 1.165) is 11.8 Å². The highest BCUT2D eigenvalue weighted by molar-refractivity contribution is 6.17. The molecule has 0 atom stereocenters. The van der Waals surface area contributed by atoms with E-state index in [0.29, 0.717) is 11.1 Å². The maximum atomic E-state index is 5.75. The van der Waals surface area contributed by atoms with E-state index in [9.17, 15) is 0 Å². The zero-order valence-corrected chi connectivity index (χ0v) is 10.7. The molecule has 14 heavy (non-hydrogen) atoms. The Balaban J connectivity index is 2.53. The van der Waals surface area contributed by atoms with Gasteiger partial charge in [-0.25, -0.2) is 0 Å². The Kier molecular flexibility index (Phi) is 3.87. The third-order valence-electron chi connectivity index (χ3n) is 3.02. The summed E-state index contributed by atoms with van der Waals surface area (Å²) in [6, 6.07) is 0. The molecule has 1 saturated heterocycles. The van der Waals surface area contributed by atoms with Crippen molar-refractivity contribution >= 4 is 11.6 Å². The van der Waals surface area contributed by atoms with Crippen LogP contribution in [0.2, 0.25) is 0 Å². The largest absolute Gasteiger partial charge is 0.307 e. The van der Waals surface area contributed by atoms with Crippen LogP contribution in [0, 0.1) is 5.92 Å². The molecule has 1 nitrogen and oxygen atoms in total. The van der Waals surface area contributed by atoms with Gasteiger partial charge in [0.25, 0.3) is 0 Å². The van der Waals surface area contributed by atoms with Gasteiger partial charge in [-0.1, -0.05) is 0 Å². The lowest BCUT2D eigenvalue weighted by Crippen LogP contribution is -2.57. The van der Waals surface area contributed by atoms with Gasteiger partial charge in [0.05, 0.1) is 0 Å². The number of alkyl halides is 1. The molecule has 0 aromatic carbocycles. The van der Waals surface area contributed by atoms with Gasteiger partial charge in [-0.15, -0.1) is 11.6 Å². The van der Waals surface area contributed by atoms with Gasteiger partial charge in [-0.3, -0.25) is 0 Å². The number of hydrogen-bond donors (Lipinski definition) is 1. The minimum absolute atomic E-state index is 0.290. The second-order valence-electron chi connectivity index (χ2n) is 6.00. The first-order valence-electron chi connectivity index (χ1n) is 5.70. The molecule has 84 valence electrons. The predicted molar refractivity (Wildman–Crippen MR) is 64.0 cm³/mol. The summed E-state index contributed by atoms with van der Waals surface area (Å²) < 4.78 is 0. The Morgan fingerprint density at radius 2 is 1.64 bits per heavy atom. The molecule has 0 spiro atoms. The summed E-state index contributed by atoms with van der Waals surface area (Å²) in [4.78, 5) is 0. The van der Waals surface area contributed by atoms with Crippen LogP contribution in [0.1, 0.15) is 53.4 Å². The molecule has 0 saturated carbocycles. The first kappa shape index (κ1) is 12.3. The molecule has 0 aliphatic carbocycles. The quantitative estimate of drug-likeness (QED) is 0.713. The minimum atomic E-state index is 0.290. The maximum absolute atomic E-state index is 5.75. The third-order valence-corrected chi connectivity index (χ3v) is 3.29. The summed E-state index contributed by atoms with van der Waals surface area (Å²) in [6.07, 6.45) is 5.02. The van der Waals surface area contributed by atoms with Gasteiger partial charge in [0, 0.05) is 17.0 Å². The van der Waals surface area contributed by atoms with Crippen LogP contribution >= 0.6 is 11.6 Å². The third kappa shape index (κ3) is 3.78. The summed E-state index contributed by atoms with van der Waals surface area (Å²) in [5.74, 6) is 1.66. The summed E-state index contributed by atoms with van der Waals surface area (Å²) in [5.41, 5.74) is 0.581. The summed E-state index contributed by atoms with van der Waals surface area (Å²) in [5, 5.41) is 3.71. The van der Waals surface area contributed by atoms with Crippen molar-refractivity contribution < 1.29 is 0 Å². The first-order valence-corrected chi connectivity index (χ1v) is 6.23. The summed E-state index contributed by atoms with van der Waals surface area (Å²) in [6.45, 7) is 9.23. The topological polar surface area (TPSA) is 12.0 Å². The van der Waals surface area contributed by atoms with Crippen LogP contribution in [0.25, 0.3) is 0 Å². The predicted octanol–water partition coefficient (Wildman–Crippen LogP) is 3.56. The molecule has 0 radical (unpaired) electrons. The van der Waals surface area contributed by atoms with Crippen LogP contribution in [-0.2, 0) is 0 Å². The van der Waals surface area contributed by atoms with E-state index in [1.54, 1.807) is 0 Å². The highest BCUT2D eigenvalue weighted by Gasteiger charge is 2.36. The van der Waals surface area contributed by atoms with Gasteiger partial charge in [0.15, 0.2) is 0 Å². The average Bonchev–Trinajstić information content (AvgIpc) is 1.94. The Bertz CT molecular complexity index is 171. The van der Waals surface area contributed by atoms with Crippen LogP contribution in [0.3, 0.4) is 0 Å². The van der Waals surface area contributed by atoms with Crippen molar-refractivity contribution in [1.29, 1.82) is 0 Å². The SMILES string of the molecule is CC1(C)CC(CCCCl)CC(C)(C)N1. The summed E-state index contributed by atoms with van der Waals surface area (Å²) >= 11 is 5.75. The Hall–Kier alpha value is 0.250. The Morgan fingerprint density at radius 3 is 2.07 bits per heavy atom. The van der Waals surface area contributed by atoms with Crippen LogP contribution < -0.4 is 5.32 Å². The molecule has 1 aliphatic heterocycles. The number of piperidine rings is 1. The Morgan fingerprint density at radius 1 is 1.14 bits per heavy atom. The smallest absolute Gasteiger partial charge is 0.0223 e. The molecule has 1 rings (SSSR count). The average molecular weight is 218 g/mol. The maximum Gasteiger partial charge on any atom is 0.0223 e. The van der Waals surface area contributed by atoms with E-state index in [-0.39, 0.29) is 0 Å². The van der Waals surface area contributed by atoms with Gasteiger partial charge in [-0.05, 0) is 59.3 Å². The van der Waals surface area contributed by atoms with Gasteiger partial charge in [0.1, 0.15) is 0 Å². The fourth-order valence-corrected chi connectivity index (χ4v) is 3.26. The second-order valence-corrected chi connectivity index (χ2v) is 6.38. The molecule has 0 unspecified atom stereocenters. The van der Waals surface area contributed by atoms with Crippen molar-refractivity contribution in [2.75, 3.05) is 5.88 Å². The highest BCUT2D eigenvalue weighted by atomic mass is 35.5. The second kappa shape index (κ2) is 4.40. The first-order chi connectivity index (χ1) is 6.35. The number of nitrogens with one attached hydrogen (secondary N) is 1. The monoisotopic (exact) mass is 217 g/mol. The van der Waals surface area contributed by atoms with E-state index in [1.165, 1.54) is 25.7 Å². The van der Waals surface area contributed by atoms with Crippen LogP contribution in [0.5, 0.6) is 0 Å². The molecule has 0 aromatic rings. The zero-order valence-electron chi connectivity index (χ0n) is 9.99. The van der Waals surface area contributed by atoms with E-state index in [1.807, 2.05) is 0 Å². The zero-order chi connectivity index (χ0) is 10.8. The fourth-order valence-electron chi connectivity index (χ4n) is 3.10. The van der Waals surface area contributed by atoms with Crippen molar-refractivity contribution in [3.05, 3.63) is 0 Å². The Labute approximate surface area is 93.6 Å². The van der Waals surface area contributed by atoms with Crippen LogP contribution in [0.4, 0.5) is 0 Å². The van der Waals surface area contributed by atoms with Gasteiger partial charge in [-0.2, -0.15) is 0 Å². The highest BCUT2D eigenvalue weighted by Crippen LogP contribution is 2.35. The van der Waals surface area contributed by atoms with E-state index >= 15 is 0 Å². The van der Waals surface area contributed by atoms with Crippen LogP contribution in [0.15, 0.2) is 0 Å². The van der Waals surface area contributed by atoms with E-state index in [4.69, 9.17) is 11.6 Å². The summed E-state index contributed by atoms with van der Waals surface area (Å²) in [7, 11) is 0. The van der Waals surface area contributed by atoms with Gasteiger partial charge < -0.3 is 5.32 Å². The van der Waals surface area contributed by atoms with Gasteiger partial charge >= 0.3 is 0 Å². The van der Waals surface area contributed by atoms with Crippen molar-refractivity contribution in [1.82, 2.24) is 5.32 Å². The molecule has 0 aromatic heterocycles. The normalized spacial score (nSPS) is 26.4. The van der Waals surface area contributed by atoms with Gasteiger partial charge in [0.2, 0.25) is 0 Å². The molecular formula is C12H24ClN. The lowest BCUT2D eigenvalue weighted by atomic mass is 9.74. The number of halogens is 1. The molecule has 1 heterocycles. The molecular weight excluding hydrogens is 194 g/mol. The lowest BCUT2D eigenvalue weighted by molar-refractivity contribution is 0.123. The van der Waals surface area contributed by atoms with Crippen molar-refractivity contribution in [2.45, 2.75) is 64.5 Å². The van der Waals surface area contributed by atoms with E-state index in [2.05, 4.69) is 33.0 Å². The standard InChI is InChI=1S/C12H24ClN/c1-11(2)8-10(6-5-7-13)9-12(3,4)14-11/h10,14H,5-9H2,1-4H3. The molecule has 2 heteroatoms. The molecule has 1 aliphatic rings. The van der Waals surface area contributed by atoms with Crippen LogP contribution in [-0.4, -0.2) is 17.0 Å². The fraction of sp³-hybridized carbons (Fsp3) is 1.00.